The summed E-state index contributed by atoms with van der Waals surface area (Å²) >= 11 is 1.77. The van der Waals surface area contributed by atoms with E-state index >= 15 is 0 Å². The fourth-order valence-corrected chi connectivity index (χ4v) is 5.08. The van der Waals surface area contributed by atoms with Crippen LogP contribution in [0.1, 0.15) is 43.0 Å². The molecule has 3 unspecified atom stereocenters. The van der Waals surface area contributed by atoms with E-state index in [0.717, 1.165) is 43.9 Å². The third-order valence-corrected chi connectivity index (χ3v) is 7.00. The lowest BCUT2D eigenvalue weighted by Gasteiger charge is -2.30. The number of nitrogens with one attached hydrogen (secondary N) is 2. The Kier molecular flexibility index (Phi) is 9.68. The lowest BCUT2D eigenvalue weighted by molar-refractivity contribution is 0.413. The van der Waals surface area contributed by atoms with Gasteiger partial charge in [0.05, 0.1) is 6.54 Å². The number of hydrogen-bond acceptors (Lipinski definition) is 3. The van der Waals surface area contributed by atoms with Gasteiger partial charge >= 0.3 is 0 Å². The summed E-state index contributed by atoms with van der Waals surface area (Å²) in [6.07, 6.45) is 4.36. The Hall–Kier alpha value is -0.150. The molecule has 1 aromatic heterocycles. The monoisotopic (exact) mass is 469 g/mol. The molecule has 132 valence electrons. The zero-order chi connectivity index (χ0) is 15.9. The Morgan fingerprint density at radius 1 is 1.48 bits per heavy atom. The van der Waals surface area contributed by atoms with Crippen LogP contribution in [0.25, 0.3) is 0 Å². The average Bonchev–Trinajstić information content (AvgIpc) is 2.96. The van der Waals surface area contributed by atoms with Crippen molar-refractivity contribution in [3.63, 3.8) is 0 Å². The van der Waals surface area contributed by atoms with Crippen LogP contribution in [-0.4, -0.2) is 34.3 Å². The first-order valence-corrected chi connectivity index (χ1v) is 10.3. The standard InChI is InChI=1S/C16H27N3OS2.HI/c1-4-22(20)14-7-5-6-13(10-14)19-16(17-3)18-11-15-12(2)8-9-21-15;/h8-9,13-14H,4-7,10-11H2,1-3H3,(H2,17,18,19);1H. The number of hydrogen-bond donors (Lipinski definition) is 2. The quantitative estimate of drug-likeness (QED) is 0.395. The molecule has 23 heavy (non-hydrogen) atoms. The van der Waals surface area contributed by atoms with Crippen LogP contribution in [0.2, 0.25) is 0 Å². The van der Waals surface area contributed by atoms with Crippen molar-refractivity contribution in [2.45, 2.75) is 57.4 Å². The average molecular weight is 469 g/mol. The van der Waals surface area contributed by atoms with E-state index in [0.29, 0.717) is 11.3 Å². The summed E-state index contributed by atoms with van der Waals surface area (Å²) in [6, 6.07) is 2.52. The van der Waals surface area contributed by atoms with Gasteiger partial charge in [-0.1, -0.05) is 13.3 Å². The maximum absolute atomic E-state index is 12.0. The molecule has 0 radical (unpaired) electrons. The van der Waals surface area contributed by atoms with Gasteiger partial charge in [-0.3, -0.25) is 9.20 Å². The van der Waals surface area contributed by atoms with Gasteiger partial charge in [0.2, 0.25) is 0 Å². The molecule has 0 aromatic carbocycles. The summed E-state index contributed by atoms with van der Waals surface area (Å²) in [4.78, 5) is 5.67. The van der Waals surface area contributed by atoms with Crippen molar-refractivity contribution in [3.8, 4) is 0 Å². The van der Waals surface area contributed by atoms with Gasteiger partial charge in [-0.25, -0.2) is 0 Å². The van der Waals surface area contributed by atoms with Crippen LogP contribution < -0.4 is 10.6 Å². The van der Waals surface area contributed by atoms with Crippen molar-refractivity contribution in [1.29, 1.82) is 0 Å². The molecule has 2 rings (SSSR count). The molecule has 1 heterocycles. The predicted octanol–water partition coefficient (Wildman–Crippen LogP) is 3.42. The molecule has 1 aliphatic carbocycles. The van der Waals surface area contributed by atoms with Crippen LogP contribution >= 0.6 is 35.3 Å². The van der Waals surface area contributed by atoms with Crippen LogP contribution in [0.4, 0.5) is 0 Å². The Balaban J connectivity index is 0.00000264. The SMILES string of the molecule is CCS(=O)C1CCCC(NC(=NC)NCc2sccc2C)C1.I. The zero-order valence-electron chi connectivity index (χ0n) is 14.1. The largest absolute Gasteiger partial charge is 0.354 e. The molecular weight excluding hydrogens is 441 g/mol. The summed E-state index contributed by atoms with van der Waals surface area (Å²) in [7, 11) is 1.13. The van der Waals surface area contributed by atoms with E-state index in [2.05, 4.69) is 34.0 Å². The summed E-state index contributed by atoms with van der Waals surface area (Å²) < 4.78 is 12.0. The number of rotatable bonds is 5. The molecule has 0 saturated heterocycles. The minimum Gasteiger partial charge on any atom is -0.354 e. The number of halogens is 1. The van der Waals surface area contributed by atoms with Crippen molar-refractivity contribution in [2.24, 2.45) is 4.99 Å². The first kappa shape index (κ1) is 20.9. The van der Waals surface area contributed by atoms with Crippen molar-refractivity contribution >= 4 is 52.1 Å². The molecule has 1 fully saturated rings. The van der Waals surface area contributed by atoms with E-state index in [1.54, 1.807) is 18.4 Å². The lowest BCUT2D eigenvalue weighted by Crippen LogP contribution is -2.46. The molecule has 1 saturated carbocycles. The van der Waals surface area contributed by atoms with Gasteiger partial charge in [0.25, 0.3) is 0 Å². The number of nitrogens with zero attached hydrogens (tertiary/aromatic N) is 1. The Labute approximate surface area is 163 Å². The van der Waals surface area contributed by atoms with Gasteiger partial charge in [0, 0.05) is 39.8 Å². The van der Waals surface area contributed by atoms with Gasteiger partial charge in [0.15, 0.2) is 5.96 Å². The van der Waals surface area contributed by atoms with Crippen molar-refractivity contribution in [1.82, 2.24) is 10.6 Å². The normalized spacial score (nSPS) is 23.0. The topological polar surface area (TPSA) is 53.5 Å². The molecular formula is C16H28IN3OS2. The van der Waals surface area contributed by atoms with Crippen LogP contribution in [0, 0.1) is 6.92 Å². The fraction of sp³-hybridized carbons (Fsp3) is 0.688. The van der Waals surface area contributed by atoms with E-state index in [1.165, 1.54) is 10.4 Å². The van der Waals surface area contributed by atoms with E-state index in [9.17, 15) is 4.21 Å². The number of aliphatic imine (C=N–C) groups is 1. The third-order valence-electron chi connectivity index (χ3n) is 4.23. The second-order valence-corrected chi connectivity index (χ2v) is 8.76. The highest BCUT2D eigenvalue weighted by Gasteiger charge is 2.26. The minimum absolute atomic E-state index is 0. The predicted molar refractivity (Wildman–Crippen MR) is 113 cm³/mol. The summed E-state index contributed by atoms with van der Waals surface area (Å²) in [5, 5.41) is 9.36. The minimum atomic E-state index is -0.681. The molecule has 2 N–H and O–H groups in total. The van der Waals surface area contributed by atoms with E-state index in [1.807, 2.05) is 6.92 Å². The maximum atomic E-state index is 12.0. The lowest BCUT2D eigenvalue weighted by atomic mass is 9.95. The Bertz CT molecular complexity index is 533. The number of guanidine groups is 1. The molecule has 7 heteroatoms. The maximum Gasteiger partial charge on any atom is 0.191 e. The van der Waals surface area contributed by atoms with E-state index in [4.69, 9.17) is 0 Å². The second-order valence-electron chi connectivity index (χ2n) is 5.75. The van der Waals surface area contributed by atoms with Crippen molar-refractivity contribution in [2.75, 3.05) is 12.8 Å². The van der Waals surface area contributed by atoms with Gasteiger partial charge in [-0.2, -0.15) is 0 Å². The van der Waals surface area contributed by atoms with Gasteiger partial charge in [-0.05, 0) is 43.2 Å². The van der Waals surface area contributed by atoms with Crippen LogP contribution in [0.15, 0.2) is 16.4 Å². The molecule has 1 aliphatic rings. The van der Waals surface area contributed by atoms with Crippen LogP contribution in [-0.2, 0) is 17.3 Å². The highest BCUT2D eigenvalue weighted by atomic mass is 127. The highest BCUT2D eigenvalue weighted by Crippen LogP contribution is 2.23. The van der Waals surface area contributed by atoms with Crippen molar-refractivity contribution in [3.05, 3.63) is 21.9 Å². The highest BCUT2D eigenvalue weighted by molar-refractivity contribution is 14.0. The fourth-order valence-electron chi connectivity index (χ4n) is 2.89. The molecule has 0 bridgehead atoms. The summed E-state index contributed by atoms with van der Waals surface area (Å²) in [6.45, 7) is 4.95. The van der Waals surface area contributed by atoms with E-state index in [-0.39, 0.29) is 24.0 Å². The summed E-state index contributed by atoms with van der Waals surface area (Å²) in [5.41, 5.74) is 1.32. The smallest absolute Gasteiger partial charge is 0.191 e. The summed E-state index contributed by atoms with van der Waals surface area (Å²) in [5.74, 6) is 1.61. The second kappa shape index (κ2) is 10.7. The van der Waals surface area contributed by atoms with Crippen molar-refractivity contribution < 1.29 is 4.21 Å². The Morgan fingerprint density at radius 3 is 2.87 bits per heavy atom. The molecule has 0 spiro atoms. The third kappa shape index (κ3) is 6.34. The number of aryl methyl sites for hydroxylation is 1. The van der Waals surface area contributed by atoms with Gasteiger partial charge in [-0.15, -0.1) is 35.3 Å². The zero-order valence-corrected chi connectivity index (χ0v) is 18.1. The van der Waals surface area contributed by atoms with Crippen LogP contribution in [0.5, 0.6) is 0 Å². The molecule has 0 aliphatic heterocycles. The van der Waals surface area contributed by atoms with Gasteiger partial charge in [0.1, 0.15) is 0 Å². The first-order valence-electron chi connectivity index (χ1n) is 8.01. The van der Waals surface area contributed by atoms with E-state index < -0.39 is 10.8 Å². The number of thiophene rings is 1. The Morgan fingerprint density at radius 2 is 2.26 bits per heavy atom. The molecule has 0 amide bonds. The van der Waals surface area contributed by atoms with Crippen LogP contribution in [0.3, 0.4) is 0 Å². The molecule has 3 atom stereocenters. The molecule has 1 aromatic rings. The van der Waals surface area contributed by atoms with Gasteiger partial charge < -0.3 is 10.6 Å². The first-order chi connectivity index (χ1) is 10.6. The molecule has 4 nitrogen and oxygen atoms in total.